The molecule has 0 aliphatic carbocycles. The van der Waals surface area contributed by atoms with Gasteiger partial charge in [0, 0.05) is 6.42 Å². The van der Waals surface area contributed by atoms with Crippen molar-refractivity contribution < 1.29 is 13.2 Å². The third kappa shape index (κ3) is 10.3. The monoisotopic (exact) mass is 239 g/mol. The highest BCUT2D eigenvalue weighted by Gasteiger charge is 2.26. The van der Waals surface area contributed by atoms with E-state index < -0.39 is 12.6 Å². The first-order valence-electron chi connectivity index (χ1n) is 6.28. The fourth-order valence-corrected chi connectivity index (χ4v) is 1.60. The summed E-state index contributed by atoms with van der Waals surface area (Å²) in [7, 11) is 0. The SMILES string of the molecule is CCCCN(CCCC)CCCC(F)(F)F. The standard InChI is InChI=1S/C12H24F3N/c1-3-5-9-16(10-6-4-2)11-7-8-12(13,14)15/h3-11H2,1-2H3. The van der Waals surface area contributed by atoms with E-state index in [0.717, 1.165) is 38.8 Å². The minimum Gasteiger partial charge on any atom is -0.303 e. The van der Waals surface area contributed by atoms with Crippen molar-refractivity contribution in [1.82, 2.24) is 4.90 Å². The van der Waals surface area contributed by atoms with E-state index in [1.165, 1.54) is 0 Å². The summed E-state index contributed by atoms with van der Waals surface area (Å²) < 4.78 is 36.0. The Bertz CT molecular complexity index is 149. The summed E-state index contributed by atoms with van der Waals surface area (Å²) in [6, 6.07) is 0. The van der Waals surface area contributed by atoms with Crippen LogP contribution in [0.1, 0.15) is 52.4 Å². The molecule has 0 spiro atoms. The topological polar surface area (TPSA) is 3.24 Å². The maximum Gasteiger partial charge on any atom is 0.389 e. The van der Waals surface area contributed by atoms with Crippen LogP contribution in [0.15, 0.2) is 0 Å². The second-order valence-corrected chi connectivity index (χ2v) is 4.27. The van der Waals surface area contributed by atoms with Crippen LogP contribution in [0.3, 0.4) is 0 Å². The predicted octanol–water partition coefficient (Wildman–Crippen LogP) is 4.23. The molecule has 0 aliphatic rings. The first-order chi connectivity index (χ1) is 7.49. The average molecular weight is 239 g/mol. The Morgan fingerprint density at radius 2 is 1.25 bits per heavy atom. The van der Waals surface area contributed by atoms with Crippen LogP contribution < -0.4 is 0 Å². The number of hydrogen-bond acceptors (Lipinski definition) is 1. The number of rotatable bonds is 9. The Morgan fingerprint density at radius 1 is 0.812 bits per heavy atom. The molecule has 1 nitrogen and oxygen atoms in total. The maximum absolute atomic E-state index is 12.0. The first-order valence-corrected chi connectivity index (χ1v) is 6.28. The van der Waals surface area contributed by atoms with Crippen molar-refractivity contribution >= 4 is 0 Å². The van der Waals surface area contributed by atoms with Crippen LogP contribution in [0.2, 0.25) is 0 Å². The molecule has 16 heavy (non-hydrogen) atoms. The van der Waals surface area contributed by atoms with Crippen LogP contribution in [0.4, 0.5) is 13.2 Å². The molecule has 0 fully saturated rings. The molecule has 0 heterocycles. The highest BCUT2D eigenvalue weighted by Crippen LogP contribution is 2.21. The molecule has 0 bridgehead atoms. The van der Waals surface area contributed by atoms with Gasteiger partial charge in [0.05, 0.1) is 0 Å². The van der Waals surface area contributed by atoms with Crippen molar-refractivity contribution in [3.63, 3.8) is 0 Å². The van der Waals surface area contributed by atoms with Gasteiger partial charge in [0.1, 0.15) is 0 Å². The molecule has 0 amide bonds. The Labute approximate surface area is 97.0 Å². The smallest absolute Gasteiger partial charge is 0.303 e. The number of alkyl halides is 3. The lowest BCUT2D eigenvalue weighted by molar-refractivity contribution is -0.136. The van der Waals surface area contributed by atoms with Gasteiger partial charge in [-0.05, 0) is 38.9 Å². The van der Waals surface area contributed by atoms with E-state index in [4.69, 9.17) is 0 Å². The largest absolute Gasteiger partial charge is 0.389 e. The predicted molar refractivity (Wildman–Crippen MR) is 61.5 cm³/mol. The molecule has 0 saturated heterocycles. The molecule has 4 heteroatoms. The number of unbranched alkanes of at least 4 members (excludes halogenated alkanes) is 2. The van der Waals surface area contributed by atoms with Crippen molar-refractivity contribution in [3.8, 4) is 0 Å². The van der Waals surface area contributed by atoms with Crippen molar-refractivity contribution in [2.45, 2.75) is 58.5 Å². The summed E-state index contributed by atoms with van der Waals surface area (Å²) in [6.07, 6.45) is -0.0604. The molecule has 0 saturated carbocycles. The zero-order chi connectivity index (χ0) is 12.4. The summed E-state index contributed by atoms with van der Waals surface area (Å²) >= 11 is 0. The van der Waals surface area contributed by atoms with Crippen LogP contribution >= 0.6 is 0 Å². The molecule has 0 aromatic carbocycles. The molecule has 0 aromatic heterocycles. The fraction of sp³-hybridized carbons (Fsp3) is 1.00. The van der Waals surface area contributed by atoms with Crippen LogP contribution in [0.5, 0.6) is 0 Å². The van der Waals surface area contributed by atoms with Crippen LogP contribution in [0.25, 0.3) is 0 Å². The van der Waals surface area contributed by atoms with E-state index in [2.05, 4.69) is 18.7 Å². The van der Waals surface area contributed by atoms with Gasteiger partial charge < -0.3 is 4.90 Å². The molecular formula is C12H24F3N. The molecule has 98 valence electrons. The molecule has 0 unspecified atom stereocenters. The number of nitrogens with zero attached hydrogens (tertiary/aromatic N) is 1. The van der Waals surface area contributed by atoms with Gasteiger partial charge in [0.2, 0.25) is 0 Å². The summed E-state index contributed by atoms with van der Waals surface area (Å²) in [5.41, 5.74) is 0. The quantitative estimate of drug-likeness (QED) is 0.582. The van der Waals surface area contributed by atoms with Gasteiger partial charge in [-0.3, -0.25) is 0 Å². The van der Waals surface area contributed by atoms with Crippen LogP contribution in [-0.4, -0.2) is 30.7 Å². The van der Waals surface area contributed by atoms with Crippen molar-refractivity contribution in [2.75, 3.05) is 19.6 Å². The molecular weight excluding hydrogens is 215 g/mol. The zero-order valence-corrected chi connectivity index (χ0v) is 10.4. The minimum atomic E-state index is -4.00. The Morgan fingerprint density at radius 3 is 1.62 bits per heavy atom. The fourth-order valence-electron chi connectivity index (χ4n) is 1.60. The van der Waals surface area contributed by atoms with Gasteiger partial charge in [0.25, 0.3) is 0 Å². The first kappa shape index (κ1) is 15.8. The molecule has 0 aliphatic heterocycles. The Kier molecular flexibility index (Phi) is 8.71. The molecule has 0 rings (SSSR count). The van der Waals surface area contributed by atoms with Gasteiger partial charge in [-0.1, -0.05) is 26.7 Å². The summed E-state index contributed by atoms with van der Waals surface area (Å²) in [4.78, 5) is 2.17. The van der Waals surface area contributed by atoms with Gasteiger partial charge in [-0.15, -0.1) is 0 Å². The van der Waals surface area contributed by atoms with Gasteiger partial charge in [-0.2, -0.15) is 13.2 Å². The Hall–Kier alpha value is -0.250. The molecule has 0 aromatic rings. The number of halogens is 3. The Balaban J connectivity index is 3.72. The normalized spacial score (nSPS) is 12.4. The highest BCUT2D eigenvalue weighted by molar-refractivity contribution is 4.60. The summed E-state index contributed by atoms with van der Waals surface area (Å²) in [6.45, 7) is 6.67. The second-order valence-electron chi connectivity index (χ2n) is 4.27. The third-order valence-electron chi connectivity index (χ3n) is 2.59. The zero-order valence-electron chi connectivity index (χ0n) is 10.4. The van der Waals surface area contributed by atoms with Crippen molar-refractivity contribution in [1.29, 1.82) is 0 Å². The summed E-state index contributed by atoms with van der Waals surface area (Å²) in [5.74, 6) is 0. The van der Waals surface area contributed by atoms with Gasteiger partial charge >= 0.3 is 6.18 Å². The molecule has 0 atom stereocenters. The molecule has 0 radical (unpaired) electrons. The van der Waals surface area contributed by atoms with Crippen LogP contribution in [0, 0.1) is 0 Å². The highest BCUT2D eigenvalue weighted by atomic mass is 19.4. The lowest BCUT2D eigenvalue weighted by Crippen LogP contribution is -2.28. The lowest BCUT2D eigenvalue weighted by atomic mass is 10.2. The van der Waals surface area contributed by atoms with E-state index in [-0.39, 0.29) is 6.42 Å². The van der Waals surface area contributed by atoms with E-state index >= 15 is 0 Å². The molecule has 0 N–H and O–H groups in total. The third-order valence-corrected chi connectivity index (χ3v) is 2.59. The van der Waals surface area contributed by atoms with E-state index in [1.54, 1.807) is 0 Å². The van der Waals surface area contributed by atoms with E-state index in [0.29, 0.717) is 6.54 Å². The average Bonchev–Trinajstić information content (AvgIpc) is 2.19. The van der Waals surface area contributed by atoms with Crippen molar-refractivity contribution in [2.24, 2.45) is 0 Å². The lowest BCUT2D eigenvalue weighted by Gasteiger charge is -2.22. The van der Waals surface area contributed by atoms with Crippen molar-refractivity contribution in [3.05, 3.63) is 0 Å². The van der Waals surface area contributed by atoms with Gasteiger partial charge in [0.15, 0.2) is 0 Å². The maximum atomic E-state index is 12.0. The minimum absolute atomic E-state index is 0.233. The van der Waals surface area contributed by atoms with E-state index in [9.17, 15) is 13.2 Å². The number of hydrogen-bond donors (Lipinski definition) is 0. The van der Waals surface area contributed by atoms with Crippen LogP contribution in [-0.2, 0) is 0 Å². The summed E-state index contributed by atoms with van der Waals surface area (Å²) in [5, 5.41) is 0. The second kappa shape index (κ2) is 8.85. The van der Waals surface area contributed by atoms with E-state index in [1.807, 2.05) is 0 Å². The van der Waals surface area contributed by atoms with Gasteiger partial charge in [-0.25, -0.2) is 0 Å².